The molecule has 1 aliphatic rings. The molecule has 21 heavy (non-hydrogen) atoms. The van der Waals surface area contributed by atoms with Crippen LogP contribution in [0.25, 0.3) is 0 Å². The number of nitrogens with one attached hydrogen (secondary N) is 1. The quantitative estimate of drug-likeness (QED) is 0.849. The van der Waals surface area contributed by atoms with Gasteiger partial charge in [-0.2, -0.15) is 0 Å². The SMILES string of the molecule is O=C(c1ccccc1)[C@H]1CNCC[C@]1(O)c1ccccc1. The van der Waals surface area contributed by atoms with E-state index in [9.17, 15) is 9.90 Å². The maximum Gasteiger partial charge on any atom is 0.170 e. The molecule has 0 amide bonds. The van der Waals surface area contributed by atoms with Gasteiger partial charge in [0.2, 0.25) is 0 Å². The first-order valence-electron chi connectivity index (χ1n) is 7.30. The number of hydrogen-bond acceptors (Lipinski definition) is 3. The monoisotopic (exact) mass is 281 g/mol. The van der Waals surface area contributed by atoms with Crippen molar-refractivity contribution in [2.45, 2.75) is 12.0 Å². The number of benzene rings is 2. The van der Waals surface area contributed by atoms with Gasteiger partial charge in [-0.3, -0.25) is 4.79 Å². The van der Waals surface area contributed by atoms with E-state index in [0.717, 1.165) is 5.56 Å². The Kier molecular flexibility index (Phi) is 3.86. The van der Waals surface area contributed by atoms with Crippen LogP contribution in [-0.2, 0) is 5.60 Å². The minimum absolute atomic E-state index is 0.00541. The van der Waals surface area contributed by atoms with E-state index in [0.29, 0.717) is 25.1 Å². The highest BCUT2D eigenvalue weighted by Crippen LogP contribution is 2.36. The van der Waals surface area contributed by atoms with Crippen molar-refractivity contribution in [3.8, 4) is 0 Å². The molecule has 0 spiro atoms. The number of carbonyl (C=O) groups excluding carboxylic acids is 1. The van der Waals surface area contributed by atoms with Crippen LogP contribution >= 0.6 is 0 Å². The summed E-state index contributed by atoms with van der Waals surface area (Å²) in [5.41, 5.74) is 0.376. The molecule has 3 heteroatoms. The van der Waals surface area contributed by atoms with Crippen molar-refractivity contribution in [3.05, 3.63) is 71.8 Å². The van der Waals surface area contributed by atoms with Crippen molar-refractivity contribution >= 4 is 5.78 Å². The molecule has 1 heterocycles. The largest absolute Gasteiger partial charge is 0.384 e. The summed E-state index contributed by atoms with van der Waals surface area (Å²) >= 11 is 0. The second-order valence-corrected chi connectivity index (χ2v) is 5.53. The van der Waals surface area contributed by atoms with Gasteiger partial charge in [0.15, 0.2) is 5.78 Å². The van der Waals surface area contributed by atoms with Crippen LogP contribution < -0.4 is 5.32 Å². The molecule has 0 aliphatic carbocycles. The summed E-state index contributed by atoms with van der Waals surface area (Å²) in [7, 11) is 0. The molecule has 2 atom stereocenters. The Morgan fingerprint density at radius 3 is 2.33 bits per heavy atom. The van der Waals surface area contributed by atoms with E-state index in [1.165, 1.54) is 0 Å². The molecule has 0 bridgehead atoms. The zero-order valence-electron chi connectivity index (χ0n) is 11.8. The lowest BCUT2D eigenvalue weighted by Gasteiger charge is -2.40. The average molecular weight is 281 g/mol. The molecule has 108 valence electrons. The molecule has 3 rings (SSSR count). The lowest BCUT2D eigenvalue weighted by Crippen LogP contribution is -2.51. The number of carbonyl (C=O) groups is 1. The molecule has 2 aromatic carbocycles. The standard InChI is InChI=1S/C18H19NO2/c20-17(14-7-3-1-4-8-14)16-13-19-12-11-18(16,21)15-9-5-2-6-10-15/h1-10,16,19,21H,11-13H2/t16-,18+/m1/s1. The second kappa shape index (κ2) is 5.80. The molecule has 1 fully saturated rings. The fourth-order valence-corrected chi connectivity index (χ4v) is 3.05. The van der Waals surface area contributed by atoms with Crippen LogP contribution in [0.3, 0.4) is 0 Å². The molecule has 0 unspecified atom stereocenters. The Hall–Kier alpha value is -1.97. The summed E-state index contributed by atoms with van der Waals surface area (Å²) in [6.07, 6.45) is 0.542. The molecule has 1 aliphatic heterocycles. The number of hydrogen-bond donors (Lipinski definition) is 2. The van der Waals surface area contributed by atoms with Crippen LogP contribution in [0.5, 0.6) is 0 Å². The topological polar surface area (TPSA) is 49.3 Å². The Labute approximate surface area is 124 Å². The number of Topliss-reactive ketones (excluding diaryl/α,β-unsaturated/α-hetero) is 1. The van der Waals surface area contributed by atoms with E-state index in [4.69, 9.17) is 0 Å². The third-order valence-corrected chi connectivity index (χ3v) is 4.26. The minimum atomic E-state index is -1.10. The predicted molar refractivity (Wildman–Crippen MR) is 82.1 cm³/mol. The van der Waals surface area contributed by atoms with Crippen LogP contribution in [0.4, 0.5) is 0 Å². The Balaban J connectivity index is 1.97. The summed E-state index contributed by atoms with van der Waals surface area (Å²) < 4.78 is 0. The fraction of sp³-hybridized carbons (Fsp3) is 0.278. The van der Waals surface area contributed by atoms with Gasteiger partial charge in [0, 0.05) is 12.1 Å². The molecular formula is C18H19NO2. The first-order chi connectivity index (χ1) is 10.2. The smallest absolute Gasteiger partial charge is 0.170 e. The number of rotatable bonds is 3. The zero-order chi connectivity index (χ0) is 14.7. The lowest BCUT2D eigenvalue weighted by atomic mass is 9.73. The Morgan fingerprint density at radius 2 is 1.67 bits per heavy atom. The van der Waals surface area contributed by atoms with Crippen molar-refractivity contribution in [2.24, 2.45) is 5.92 Å². The van der Waals surface area contributed by atoms with Crippen LogP contribution in [0, 0.1) is 5.92 Å². The summed E-state index contributed by atoms with van der Waals surface area (Å²) in [6, 6.07) is 18.7. The number of piperidine rings is 1. The van der Waals surface area contributed by atoms with E-state index >= 15 is 0 Å². The summed E-state index contributed by atoms with van der Waals surface area (Å²) in [5.74, 6) is -0.467. The van der Waals surface area contributed by atoms with Crippen molar-refractivity contribution < 1.29 is 9.90 Å². The van der Waals surface area contributed by atoms with Gasteiger partial charge >= 0.3 is 0 Å². The van der Waals surface area contributed by atoms with E-state index in [1.807, 2.05) is 60.7 Å². The van der Waals surface area contributed by atoms with Gasteiger partial charge < -0.3 is 10.4 Å². The highest BCUT2D eigenvalue weighted by atomic mass is 16.3. The maximum atomic E-state index is 12.8. The van der Waals surface area contributed by atoms with Crippen LogP contribution in [-0.4, -0.2) is 24.0 Å². The van der Waals surface area contributed by atoms with E-state index in [2.05, 4.69) is 5.32 Å². The molecule has 0 aromatic heterocycles. The second-order valence-electron chi connectivity index (χ2n) is 5.53. The van der Waals surface area contributed by atoms with E-state index in [1.54, 1.807) is 0 Å². The maximum absolute atomic E-state index is 12.8. The van der Waals surface area contributed by atoms with Crippen LogP contribution in [0.2, 0.25) is 0 Å². The van der Waals surface area contributed by atoms with E-state index in [-0.39, 0.29) is 5.78 Å². The third kappa shape index (κ3) is 2.62. The van der Waals surface area contributed by atoms with E-state index < -0.39 is 11.5 Å². The number of aliphatic hydroxyl groups is 1. The fourth-order valence-electron chi connectivity index (χ4n) is 3.05. The number of ketones is 1. The summed E-state index contributed by atoms with van der Waals surface area (Å²) in [4.78, 5) is 12.8. The zero-order valence-corrected chi connectivity index (χ0v) is 11.8. The predicted octanol–water partition coefficient (Wildman–Crippen LogP) is 2.37. The molecule has 1 saturated heterocycles. The van der Waals surface area contributed by atoms with Crippen molar-refractivity contribution in [2.75, 3.05) is 13.1 Å². The molecule has 3 nitrogen and oxygen atoms in total. The van der Waals surface area contributed by atoms with Crippen LogP contribution in [0.15, 0.2) is 60.7 Å². The van der Waals surface area contributed by atoms with Gasteiger partial charge in [-0.05, 0) is 18.5 Å². The molecule has 0 radical (unpaired) electrons. The van der Waals surface area contributed by atoms with Crippen molar-refractivity contribution in [1.82, 2.24) is 5.32 Å². The minimum Gasteiger partial charge on any atom is -0.384 e. The van der Waals surface area contributed by atoms with Gasteiger partial charge in [0.05, 0.1) is 5.92 Å². The van der Waals surface area contributed by atoms with Crippen molar-refractivity contribution in [3.63, 3.8) is 0 Å². The van der Waals surface area contributed by atoms with Gasteiger partial charge in [-0.15, -0.1) is 0 Å². The lowest BCUT2D eigenvalue weighted by molar-refractivity contribution is -0.0348. The highest BCUT2D eigenvalue weighted by Gasteiger charge is 2.44. The summed E-state index contributed by atoms with van der Waals surface area (Å²) in [6.45, 7) is 1.21. The van der Waals surface area contributed by atoms with Gasteiger partial charge in [-0.25, -0.2) is 0 Å². The van der Waals surface area contributed by atoms with Crippen molar-refractivity contribution in [1.29, 1.82) is 0 Å². The molecule has 2 aromatic rings. The Morgan fingerprint density at radius 1 is 1.05 bits per heavy atom. The normalized spacial score (nSPS) is 25.5. The van der Waals surface area contributed by atoms with Gasteiger partial charge in [0.25, 0.3) is 0 Å². The highest BCUT2D eigenvalue weighted by molar-refractivity contribution is 5.98. The summed E-state index contributed by atoms with van der Waals surface area (Å²) in [5, 5.41) is 14.4. The average Bonchev–Trinajstić information content (AvgIpc) is 2.56. The first kappa shape index (κ1) is 14.0. The van der Waals surface area contributed by atoms with Gasteiger partial charge in [0.1, 0.15) is 5.60 Å². The Bertz CT molecular complexity index is 612. The third-order valence-electron chi connectivity index (χ3n) is 4.26. The first-order valence-corrected chi connectivity index (χ1v) is 7.30. The molecule has 0 saturated carbocycles. The molecule has 2 N–H and O–H groups in total. The molecular weight excluding hydrogens is 262 g/mol. The van der Waals surface area contributed by atoms with Crippen LogP contribution in [0.1, 0.15) is 22.3 Å². The van der Waals surface area contributed by atoms with Gasteiger partial charge in [-0.1, -0.05) is 60.7 Å².